The van der Waals surface area contributed by atoms with E-state index in [1.807, 2.05) is 0 Å². The molecular weight excluding hydrogens is 691 g/mol. The second-order valence-corrected chi connectivity index (χ2v) is 14.9. The van der Waals surface area contributed by atoms with Crippen LogP contribution in [0, 0.1) is 0 Å². The van der Waals surface area contributed by atoms with Crippen LogP contribution in [0.1, 0.15) is 0 Å². The fourth-order valence-corrected chi connectivity index (χ4v) is 9.48. The van der Waals surface area contributed by atoms with Gasteiger partial charge in [-0.15, -0.1) is 0 Å². The van der Waals surface area contributed by atoms with E-state index in [9.17, 15) is 0 Å². The minimum atomic E-state index is 1.15. The normalized spacial score (nSPS) is 11.9. The SMILES string of the molecule is c1ccc(-c2cc(-c3ccccc3-n3c4ccccc4c4c5c6ccccc6n(-c6ccccc6)c5ccc43)cc3c4ccccc4n(-c4ccccc4)c23)cc1. The van der Waals surface area contributed by atoms with Crippen LogP contribution in [0.25, 0.3) is 105 Å². The van der Waals surface area contributed by atoms with Crippen LogP contribution in [0.3, 0.4) is 0 Å². The van der Waals surface area contributed by atoms with E-state index in [1.165, 1.54) is 87.7 Å². The average molecular weight is 726 g/mol. The zero-order chi connectivity index (χ0) is 37.5. The molecule has 0 unspecified atom stereocenters. The first-order valence-electron chi connectivity index (χ1n) is 19.6. The summed E-state index contributed by atoms with van der Waals surface area (Å²) < 4.78 is 7.34. The van der Waals surface area contributed by atoms with Crippen molar-refractivity contribution < 1.29 is 0 Å². The standard InChI is InChI=1S/C54H35N3/c1-4-18-36(19-5-1)44-34-37(35-45-41-25-11-15-29-47(41)56(54(44)45)39-22-8-3-9-23-39)40-24-10-14-28-46(40)57-49-31-17-13-27-43(49)53-51(57)33-32-50-52(53)42-26-12-16-30-48(42)55(50)38-20-6-2-7-21-38/h1-35H. The van der Waals surface area contributed by atoms with Gasteiger partial charge in [-0.2, -0.15) is 0 Å². The van der Waals surface area contributed by atoms with E-state index >= 15 is 0 Å². The Labute approximate surface area is 329 Å². The largest absolute Gasteiger partial charge is 0.309 e. The van der Waals surface area contributed by atoms with Gasteiger partial charge < -0.3 is 13.7 Å². The van der Waals surface area contributed by atoms with Crippen LogP contribution >= 0.6 is 0 Å². The van der Waals surface area contributed by atoms with Crippen molar-refractivity contribution in [3.05, 3.63) is 212 Å². The van der Waals surface area contributed by atoms with Crippen LogP contribution in [-0.2, 0) is 0 Å². The minimum Gasteiger partial charge on any atom is -0.309 e. The molecule has 0 aliphatic rings. The van der Waals surface area contributed by atoms with Gasteiger partial charge in [0.15, 0.2) is 0 Å². The predicted octanol–water partition coefficient (Wildman–Crippen LogP) is 14.3. The van der Waals surface area contributed by atoms with Gasteiger partial charge in [0.25, 0.3) is 0 Å². The van der Waals surface area contributed by atoms with E-state index in [2.05, 4.69) is 226 Å². The maximum Gasteiger partial charge on any atom is 0.0619 e. The van der Waals surface area contributed by atoms with E-state index in [0.717, 1.165) is 17.1 Å². The Balaban J connectivity index is 1.18. The summed E-state index contributed by atoms with van der Waals surface area (Å²) in [5.41, 5.74) is 15.4. The second-order valence-electron chi connectivity index (χ2n) is 14.9. The van der Waals surface area contributed by atoms with Crippen molar-refractivity contribution in [2.75, 3.05) is 0 Å². The van der Waals surface area contributed by atoms with Gasteiger partial charge in [0.05, 0.1) is 38.8 Å². The van der Waals surface area contributed by atoms with Gasteiger partial charge in [0, 0.05) is 54.8 Å². The molecule has 0 N–H and O–H groups in total. The Morgan fingerprint density at radius 3 is 1.39 bits per heavy atom. The lowest BCUT2D eigenvalue weighted by molar-refractivity contribution is 1.17. The first-order valence-corrected chi connectivity index (χ1v) is 19.6. The molecule has 0 saturated carbocycles. The van der Waals surface area contributed by atoms with Crippen LogP contribution in [0.5, 0.6) is 0 Å². The average Bonchev–Trinajstić information content (AvgIpc) is 3.93. The van der Waals surface area contributed by atoms with Crippen molar-refractivity contribution in [2.45, 2.75) is 0 Å². The molecule has 9 aromatic carbocycles. The maximum absolute atomic E-state index is 2.49. The molecule has 0 atom stereocenters. The Morgan fingerprint density at radius 2 is 0.737 bits per heavy atom. The van der Waals surface area contributed by atoms with E-state index in [0.29, 0.717) is 0 Å². The molecule has 12 aromatic rings. The molecule has 0 amide bonds. The van der Waals surface area contributed by atoms with Crippen LogP contribution in [0.4, 0.5) is 0 Å². The molecule has 0 saturated heterocycles. The summed E-state index contributed by atoms with van der Waals surface area (Å²) in [5.74, 6) is 0. The van der Waals surface area contributed by atoms with Crippen molar-refractivity contribution in [3.8, 4) is 39.3 Å². The molecule has 57 heavy (non-hydrogen) atoms. The van der Waals surface area contributed by atoms with Crippen LogP contribution in [0.2, 0.25) is 0 Å². The molecule has 266 valence electrons. The number of nitrogens with zero attached hydrogens (tertiary/aromatic N) is 3. The number of fused-ring (bicyclic) bond motifs is 10. The Morgan fingerprint density at radius 1 is 0.263 bits per heavy atom. The fraction of sp³-hybridized carbons (Fsp3) is 0. The summed E-state index contributed by atoms with van der Waals surface area (Å²) in [6, 6.07) is 77.4. The maximum atomic E-state index is 2.49. The molecule has 3 heteroatoms. The molecular formula is C54H35N3. The first-order chi connectivity index (χ1) is 28.3. The molecule has 12 rings (SSSR count). The number of hydrogen-bond donors (Lipinski definition) is 0. The molecule has 0 bridgehead atoms. The zero-order valence-electron chi connectivity index (χ0n) is 31.0. The quantitative estimate of drug-likeness (QED) is 0.168. The van der Waals surface area contributed by atoms with Gasteiger partial charge in [-0.1, -0.05) is 140 Å². The van der Waals surface area contributed by atoms with E-state index < -0.39 is 0 Å². The molecule has 0 aliphatic heterocycles. The van der Waals surface area contributed by atoms with Crippen molar-refractivity contribution in [1.82, 2.24) is 13.7 Å². The third-order valence-electron chi connectivity index (χ3n) is 11.8. The number of rotatable bonds is 5. The monoisotopic (exact) mass is 725 g/mol. The second kappa shape index (κ2) is 12.5. The molecule has 3 nitrogen and oxygen atoms in total. The molecule has 0 aliphatic carbocycles. The summed E-state index contributed by atoms with van der Waals surface area (Å²) in [4.78, 5) is 0. The Hall–Kier alpha value is -7.62. The summed E-state index contributed by atoms with van der Waals surface area (Å²) in [5, 5.41) is 7.53. The third kappa shape index (κ3) is 4.66. The van der Waals surface area contributed by atoms with E-state index in [1.54, 1.807) is 0 Å². The van der Waals surface area contributed by atoms with Crippen molar-refractivity contribution in [3.63, 3.8) is 0 Å². The van der Waals surface area contributed by atoms with Crippen molar-refractivity contribution >= 4 is 65.4 Å². The smallest absolute Gasteiger partial charge is 0.0619 e. The topological polar surface area (TPSA) is 14.8 Å². The van der Waals surface area contributed by atoms with E-state index in [-0.39, 0.29) is 0 Å². The highest BCUT2D eigenvalue weighted by Gasteiger charge is 2.23. The summed E-state index contributed by atoms with van der Waals surface area (Å²) >= 11 is 0. The van der Waals surface area contributed by atoms with Crippen LogP contribution < -0.4 is 0 Å². The fourth-order valence-electron chi connectivity index (χ4n) is 9.48. The number of para-hydroxylation sites is 6. The van der Waals surface area contributed by atoms with Gasteiger partial charge in [-0.05, 0) is 83.9 Å². The Kier molecular flexibility index (Phi) is 6.93. The summed E-state index contributed by atoms with van der Waals surface area (Å²) in [7, 11) is 0. The Bertz CT molecular complexity index is 3500. The first kappa shape index (κ1) is 31.7. The molecule has 0 fully saturated rings. The van der Waals surface area contributed by atoms with Crippen molar-refractivity contribution in [2.24, 2.45) is 0 Å². The van der Waals surface area contributed by atoms with Crippen LogP contribution in [0.15, 0.2) is 212 Å². The van der Waals surface area contributed by atoms with Gasteiger partial charge in [-0.3, -0.25) is 0 Å². The van der Waals surface area contributed by atoms with Gasteiger partial charge in [0.2, 0.25) is 0 Å². The lowest BCUT2D eigenvalue weighted by Gasteiger charge is -2.17. The summed E-state index contributed by atoms with van der Waals surface area (Å²) in [6.45, 7) is 0. The molecule has 3 heterocycles. The van der Waals surface area contributed by atoms with Gasteiger partial charge >= 0.3 is 0 Å². The lowest BCUT2D eigenvalue weighted by atomic mass is 9.94. The number of hydrogen-bond acceptors (Lipinski definition) is 0. The lowest BCUT2D eigenvalue weighted by Crippen LogP contribution is -1.98. The predicted molar refractivity (Wildman–Crippen MR) is 240 cm³/mol. The number of aromatic nitrogens is 3. The minimum absolute atomic E-state index is 1.15. The van der Waals surface area contributed by atoms with Gasteiger partial charge in [-0.25, -0.2) is 0 Å². The highest BCUT2D eigenvalue weighted by atomic mass is 15.0. The summed E-state index contributed by atoms with van der Waals surface area (Å²) in [6.07, 6.45) is 0. The zero-order valence-corrected chi connectivity index (χ0v) is 31.0. The number of benzene rings is 9. The molecule has 0 radical (unpaired) electrons. The van der Waals surface area contributed by atoms with Crippen molar-refractivity contribution in [1.29, 1.82) is 0 Å². The third-order valence-corrected chi connectivity index (χ3v) is 11.8. The highest BCUT2D eigenvalue weighted by molar-refractivity contribution is 6.29. The van der Waals surface area contributed by atoms with E-state index in [4.69, 9.17) is 0 Å². The molecule has 3 aromatic heterocycles. The van der Waals surface area contributed by atoms with Crippen LogP contribution in [-0.4, -0.2) is 13.7 Å². The highest BCUT2D eigenvalue weighted by Crippen LogP contribution is 2.46. The molecule has 0 spiro atoms. The van der Waals surface area contributed by atoms with Gasteiger partial charge in [0.1, 0.15) is 0 Å².